The van der Waals surface area contributed by atoms with Gasteiger partial charge >= 0.3 is 0 Å². The minimum Gasteiger partial charge on any atom is -0.494 e. The summed E-state index contributed by atoms with van der Waals surface area (Å²) >= 11 is 5.84. The molecular formula is C18H17ClFN3O4. The number of hydrogen-bond acceptors (Lipinski definition) is 5. The molecule has 1 saturated heterocycles. The van der Waals surface area contributed by atoms with Crippen LogP contribution in [-0.4, -0.2) is 49.0 Å². The molecule has 0 aliphatic carbocycles. The Balaban J connectivity index is 1.76. The standard InChI is InChI=1S/C18H17ClFN3O4/c1-27-17-11-15(16(23(25)26)10-14(17)20)21-6-8-22(9-7-21)18(24)12-2-4-13(19)5-3-12/h2-5,10-11H,6-9H2,1H3. The van der Waals surface area contributed by atoms with Gasteiger partial charge in [-0.05, 0) is 24.3 Å². The van der Waals surface area contributed by atoms with E-state index in [1.807, 2.05) is 0 Å². The Kier molecular flexibility index (Phi) is 5.46. The first-order valence-corrected chi connectivity index (χ1v) is 8.60. The molecule has 0 bridgehead atoms. The Morgan fingerprint density at radius 2 is 1.81 bits per heavy atom. The van der Waals surface area contributed by atoms with E-state index >= 15 is 0 Å². The van der Waals surface area contributed by atoms with Crippen LogP contribution in [0.3, 0.4) is 0 Å². The van der Waals surface area contributed by atoms with Crippen LogP contribution in [0.25, 0.3) is 0 Å². The van der Waals surface area contributed by atoms with Gasteiger partial charge in [0.15, 0.2) is 11.6 Å². The number of piperazine rings is 1. The van der Waals surface area contributed by atoms with Gasteiger partial charge in [-0.1, -0.05) is 11.6 Å². The van der Waals surface area contributed by atoms with E-state index in [1.54, 1.807) is 34.1 Å². The number of benzene rings is 2. The van der Waals surface area contributed by atoms with Crippen LogP contribution in [0.2, 0.25) is 5.02 Å². The molecule has 0 spiro atoms. The molecule has 0 atom stereocenters. The average molecular weight is 394 g/mol. The quantitative estimate of drug-likeness (QED) is 0.588. The maximum absolute atomic E-state index is 13.8. The van der Waals surface area contributed by atoms with E-state index in [1.165, 1.54) is 13.2 Å². The van der Waals surface area contributed by atoms with Crippen LogP contribution in [0.15, 0.2) is 36.4 Å². The van der Waals surface area contributed by atoms with E-state index in [2.05, 4.69) is 0 Å². The Bertz CT molecular complexity index is 868. The molecule has 3 rings (SSSR count). The number of nitro benzene ring substituents is 1. The highest BCUT2D eigenvalue weighted by molar-refractivity contribution is 6.30. The van der Waals surface area contributed by atoms with Crippen molar-refractivity contribution in [3.05, 3.63) is 62.9 Å². The molecule has 142 valence electrons. The predicted molar refractivity (Wildman–Crippen MR) is 99.2 cm³/mol. The summed E-state index contributed by atoms with van der Waals surface area (Å²) in [5.41, 5.74) is 0.477. The Hall–Kier alpha value is -2.87. The second-order valence-corrected chi connectivity index (χ2v) is 6.46. The van der Waals surface area contributed by atoms with Crippen LogP contribution in [-0.2, 0) is 0 Å². The molecule has 1 aliphatic rings. The highest BCUT2D eigenvalue weighted by atomic mass is 35.5. The molecule has 0 radical (unpaired) electrons. The summed E-state index contributed by atoms with van der Waals surface area (Å²) in [5, 5.41) is 11.8. The minimum atomic E-state index is -0.787. The molecule has 2 aromatic rings. The predicted octanol–water partition coefficient (Wildman–Crippen LogP) is 3.36. The first-order chi connectivity index (χ1) is 12.9. The fourth-order valence-corrected chi connectivity index (χ4v) is 3.14. The molecule has 1 amide bonds. The Morgan fingerprint density at radius 3 is 2.37 bits per heavy atom. The molecule has 1 heterocycles. The van der Waals surface area contributed by atoms with Crippen molar-refractivity contribution >= 4 is 28.9 Å². The lowest BCUT2D eigenvalue weighted by molar-refractivity contribution is -0.384. The molecule has 0 saturated carbocycles. The minimum absolute atomic E-state index is 0.0599. The zero-order valence-corrected chi connectivity index (χ0v) is 15.3. The van der Waals surface area contributed by atoms with Crippen molar-refractivity contribution in [1.82, 2.24) is 4.90 Å². The molecule has 0 aromatic heterocycles. The lowest BCUT2D eigenvalue weighted by Crippen LogP contribution is -2.49. The van der Waals surface area contributed by atoms with Gasteiger partial charge in [-0.2, -0.15) is 0 Å². The first-order valence-electron chi connectivity index (χ1n) is 8.22. The van der Waals surface area contributed by atoms with Crippen LogP contribution >= 0.6 is 11.6 Å². The summed E-state index contributed by atoms with van der Waals surface area (Å²) in [4.78, 5) is 26.7. The van der Waals surface area contributed by atoms with Crippen molar-refractivity contribution in [2.45, 2.75) is 0 Å². The zero-order valence-electron chi connectivity index (χ0n) is 14.5. The summed E-state index contributed by atoms with van der Waals surface area (Å²) in [6.07, 6.45) is 0. The molecular weight excluding hydrogens is 377 g/mol. The van der Waals surface area contributed by atoms with Crippen molar-refractivity contribution in [2.24, 2.45) is 0 Å². The van der Waals surface area contributed by atoms with Gasteiger partial charge in [0.1, 0.15) is 5.69 Å². The number of nitro groups is 1. The number of halogens is 2. The third-order valence-electron chi connectivity index (χ3n) is 4.44. The lowest BCUT2D eigenvalue weighted by atomic mass is 10.1. The summed E-state index contributed by atoms with van der Waals surface area (Å²) < 4.78 is 18.8. The van der Waals surface area contributed by atoms with Crippen LogP contribution in [0, 0.1) is 15.9 Å². The lowest BCUT2D eigenvalue weighted by Gasteiger charge is -2.36. The average Bonchev–Trinajstić information content (AvgIpc) is 2.68. The highest BCUT2D eigenvalue weighted by Crippen LogP contribution is 2.35. The normalized spacial score (nSPS) is 14.2. The summed E-state index contributed by atoms with van der Waals surface area (Å²) in [5.74, 6) is -0.975. The molecule has 2 aromatic carbocycles. The van der Waals surface area contributed by atoms with E-state index in [-0.39, 0.29) is 23.0 Å². The third kappa shape index (κ3) is 3.95. The zero-order chi connectivity index (χ0) is 19.6. The molecule has 1 aliphatic heterocycles. The van der Waals surface area contributed by atoms with E-state index in [0.29, 0.717) is 36.8 Å². The summed E-state index contributed by atoms with van der Waals surface area (Å²) in [6.45, 7) is 1.54. The largest absolute Gasteiger partial charge is 0.494 e. The molecule has 0 N–H and O–H groups in total. The number of carbonyl (C=O) groups excluding carboxylic acids is 1. The second-order valence-electron chi connectivity index (χ2n) is 6.02. The smallest absolute Gasteiger partial charge is 0.295 e. The number of anilines is 1. The van der Waals surface area contributed by atoms with Gasteiger partial charge in [0.05, 0.1) is 18.1 Å². The van der Waals surface area contributed by atoms with Gasteiger partial charge in [-0.15, -0.1) is 0 Å². The van der Waals surface area contributed by atoms with Gasteiger partial charge in [0, 0.05) is 42.8 Å². The van der Waals surface area contributed by atoms with Gasteiger partial charge in [0.25, 0.3) is 11.6 Å². The van der Waals surface area contributed by atoms with E-state index < -0.39 is 10.7 Å². The highest BCUT2D eigenvalue weighted by Gasteiger charge is 2.28. The number of methoxy groups -OCH3 is 1. The molecule has 9 heteroatoms. The van der Waals surface area contributed by atoms with Crippen LogP contribution < -0.4 is 9.64 Å². The number of amides is 1. The Morgan fingerprint density at radius 1 is 1.19 bits per heavy atom. The van der Waals surface area contributed by atoms with Gasteiger partial charge in [-0.3, -0.25) is 14.9 Å². The fraction of sp³-hybridized carbons (Fsp3) is 0.278. The number of carbonyl (C=O) groups is 1. The fourth-order valence-electron chi connectivity index (χ4n) is 3.01. The maximum atomic E-state index is 13.8. The summed E-state index contributed by atoms with van der Waals surface area (Å²) in [6, 6.07) is 8.81. The number of hydrogen-bond donors (Lipinski definition) is 0. The van der Waals surface area contributed by atoms with Crippen molar-refractivity contribution in [2.75, 3.05) is 38.2 Å². The van der Waals surface area contributed by atoms with Crippen LogP contribution in [0.1, 0.15) is 10.4 Å². The summed E-state index contributed by atoms with van der Waals surface area (Å²) in [7, 11) is 1.30. The van der Waals surface area contributed by atoms with E-state index in [9.17, 15) is 19.3 Å². The molecule has 7 nitrogen and oxygen atoms in total. The molecule has 1 fully saturated rings. The SMILES string of the molecule is COc1cc(N2CCN(C(=O)c3ccc(Cl)cc3)CC2)c([N+](=O)[O-])cc1F. The van der Waals surface area contributed by atoms with E-state index in [0.717, 1.165) is 6.07 Å². The van der Waals surface area contributed by atoms with Gasteiger partial charge in [-0.25, -0.2) is 4.39 Å². The maximum Gasteiger partial charge on any atom is 0.295 e. The van der Waals surface area contributed by atoms with Crippen molar-refractivity contribution < 1.29 is 18.8 Å². The number of nitrogens with zero attached hydrogens (tertiary/aromatic N) is 3. The van der Waals surface area contributed by atoms with Gasteiger partial charge in [0.2, 0.25) is 0 Å². The van der Waals surface area contributed by atoms with Crippen LogP contribution in [0.4, 0.5) is 15.8 Å². The van der Waals surface area contributed by atoms with Gasteiger partial charge < -0.3 is 14.5 Å². The third-order valence-corrected chi connectivity index (χ3v) is 4.70. The van der Waals surface area contributed by atoms with Crippen molar-refractivity contribution in [1.29, 1.82) is 0 Å². The van der Waals surface area contributed by atoms with Crippen LogP contribution in [0.5, 0.6) is 5.75 Å². The van der Waals surface area contributed by atoms with Crippen molar-refractivity contribution in [3.8, 4) is 5.75 Å². The topological polar surface area (TPSA) is 75.9 Å². The monoisotopic (exact) mass is 393 g/mol. The second kappa shape index (κ2) is 7.79. The first kappa shape index (κ1) is 18.9. The number of rotatable bonds is 4. The Labute approximate surface area is 160 Å². The number of ether oxygens (including phenoxy) is 1. The van der Waals surface area contributed by atoms with Crippen molar-refractivity contribution in [3.63, 3.8) is 0 Å². The van der Waals surface area contributed by atoms with E-state index in [4.69, 9.17) is 16.3 Å². The molecule has 27 heavy (non-hydrogen) atoms. The molecule has 0 unspecified atom stereocenters.